The summed E-state index contributed by atoms with van der Waals surface area (Å²) in [4.78, 5) is 15.7. The van der Waals surface area contributed by atoms with E-state index in [9.17, 15) is 52.7 Å². The number of aliphatic carboxylic acids is 1. The van der Waals surface area contributed by atoms with Crippen LogP contribution in [0, 0.1) is 24.5 Å². The van der Waals surface area contributed by atoms with Crippen LogP contribution in [0.15, 0.2) is 129 Å². The van der Waals surface area contributed by atoms with E-state index in [2.05, 4.69) is 10.0 Å². The van der Waals surface area contributed by atoms with Gasteiger partial charge in [0, 0.05) is 95.1 Å². The lowest BCUT2D eigenvalue weighted by Crippen LogP contribution is -2.46. The van der Waals surface area contributed by atoms with Crippen molar-refractivity contribution < 1.29 is 57.1 Å². The molecule has 1 aromatic heterocycles. The van der Waals surface area contributed by atoms with Crippen molar-refractivity contribution >= 4 is 81.8 Å². The number of thioether (sulfide) groups is 1. The summed E-state index contributed by atoms with van der Waals surface area (Å²) in [7, 11) is -14.7. The number of likely N-dealkylation sites (tertiary alicyclic amines) is 1. The van der Waals surface area contributed by atoms with E-state index < -0.39 is 80.2 Å². The van der Waals surface area contributed by atoms with Gasteiger partial charge in [-0.1, -0.05) is 35.9 Å². The average molecular weight is 1180 g/mol. The lowest BCUT2D eigenvalue weighted by Gasteiger charge is -2.37. The largest absolute Gasteiger partial charge is 0.501 e. The monoisotopic (exact) mass is 1180 g/mol. The number of benzene rings is 5. The van der Waals surface area contributed by atoms with E-state index in [1.807, 2.05) is 33.1 Å². The molecule has 2 aliphatic heterocycles. The normalized spacial score (nSPS) is 15.7. The number of sulfonamides is 1. The number of piperidine rings is 1. The minimum Gasteiger partial charge on any atom is -0.481 e. The highest BCUT2D eigenvalue weighted by Crippen LogP contribution is 2.45. The first kappa shape index (κ1) is 58.3. The molecule has 0 aliphatic carbocycles. The molecule has 1 unspecified atom stereocenters. The molecule has 0 saturated carbocycles. The highest BCUT2D eigenvalue weighted by Gasteiger charge is 2.48. The van der Waals surface area contributed by atoms with Crippen molar-refractivity contribution in [2.75, 3.05) is 77.7 Å². The van der Waals surface area contributed by atoms with Gasteiger partial charge < -0.3 is 29.7 Å². The van der Waals surface area contributed by atoms with Crippen LogP contribution in [0.1, 0.15) is 44.8 Å². The third-order valence-electron chi connectivity index (χ3n) is 13.9. The molecule has 24 heteroatoms. The van der Waals surface area contributed by atoms with Gasteiger partial charge in [-0.2, -0.15) is 13.2 Å². The van der Waals surface area contributed by atoms with Crippen molar-refractivity contribution in [3.63, 3.8) is 0 Å². The van der Waals surface area contributed by atoms with Gasteiger partial charge in [-0.25, -0.2) is 34.0 Å². The Kier molecular flexibility index (Phi) is 17.5. The number of anilines is 4. The molecule has 14 nitrogen and oxygen atoms in total. The molecule has 2 saturated heterocycles. The quantitative estimate of drug-likeness (QED) is 0.0516. The van der Waals surface area contributed by atoms with E-state index in [1.54, 1.807) is 55.5 Å². The van der Waals surface area contributed by atoms with Gasteiger partial charge in [-0.3, -0.25) is 9.52 Å². The molecular formula is C54H58ClF5N6O8S4. The lowest BCUT2D eigenvalue weighted by atomic mass is 9.97. The van der Waals surface area contributed by atoms with Crippen LogP contribution in [0.25, 0.3) is 22.4 Å². The third-order valence-corrected chi connectivity index (χ3v) is 19.5. The van der Waals surface area contributed by atoms with E-state index in [1.165, 1.54) is 42.5 Å². The van der Waals surface area contributed by atoms with Gasteiger partial charge in [0.25, 0.3) is 19.9 Å². The fraction of sp³-hybridized carbons (Fsp3) is 0.352. The Morgan fingerprint density at radius 3 is 2.01 bits per heavy atom. The van der Waals surface area contributed by atoms with Gasteiger partial charge in [0.05, 0.1) is 27.1 Å². The van der Waals surface area contributed by atoms with E-state index in [4.69, 9.17) is 11.6 Å². The minimum absolute atomic E-state index is 0.0256. The molecule has 0 bridgehead atoms. The Morgan fingerprint density at radius 1 is 0.795 bits per heavy atom. The number of nitrogens with one attached hydrogen (secondary N) is 2. The molecule has 0 amide bonds. The first-order chi connectivity index (χ1) is 36.7. The van der Waals surface area contributed by atoms with E-state index in [-0.39, 0.29) is 33.7 Å². The Morgan fingerprint density at radius 2 is 1.42 bits per heavy atom. The number of hydrogen-bond donors (Lipinski definition) is 3. The summed E-state index contributed by atoms with van der Waals surface area (Å²) >= 11 is 7.30. The summed E-state index contributed by atoms with van der Waals surface area (Å²) in [6.07, 6.45) is 2.14. The maximum Gasteiger partial charge on any atom is 0.501 e. The molecule has 1 atom stereocenters. The smallest absolute Gasteiger partial charge is 0.481 e. The van der Waals surface area contributed by atoms with Gasteiger partial charge in [0.1, 0.15) is 16.5 Å². The van der Waals surface area contributed by atoms with Crippen LogP contribution in [0.4, 0.5) is 44.7 Å². The number of rotatable bonds is 19. The molecule has 5 aromatic carbocycles. The fourth-order valence-corrected chi connectivity index (χ4v) is 14.5. The average Bonchev–Trinajstić information content (AvgIpc) is 3.99. The summed E-state index contributed by atoms with van der Waals surface area (Å²) in [5.74, 6) is -2.44. The predicted octanol–water partition coefficient (Wildman–Crippen LogP) is 11.2. The van der Waals surface area contributed by atoms with Crippen molar-refractivity contribution in [1.29, 1.82) is 0 Å². The summed E-state index contributed by atoms with van der Waals surface area (Å²) in [5.41, 5.74) is -2.51. The fourth-order valence-electron chi connectivity index (χ4n) is 10.1. The first-order valence-corrected chi connectivity index (χ1v) is 31.1. The van der Waals surface area contributed by atoms with Crippen molar-refractivity contribution in [1.82, 2.24) is 9.47 Å². The number of hydrogen-bond acceptors (Lipinski definition) is 12. The molecule has 78 heavy (non-hydrogen) atoms. The second-order valence-corrected chi connectivity index (χ2v) is 26.7. The molecule has 6 aromatic rings. The zero-order valence-electron chi connectivity index (χ0n) is 42.9. The van der Waals surface area contributed by atoms with Gasteiger partial charge in [-0.15, -0.1) is 11.8 Å². The zero-order chi connectivity index (χ0) is 56.5. The van der Waals surface area contributed by atoms with Gasteiger partial charge in [0.15, 0.2) is 9.84 Å². The van der Waals surface area contributed by atoms with Crippen LogP contribution in [-0.2, 0) is 34.5 Å². The van der Waals surface area contributed by atoms with Crippen LogP contribution in [-0.4, -0.2) is 115 Å². The second kappa shape index (κ2) is 23.5. The summed E-state index contributed by atoms with van der Waals surface area (Å²) < 4.78 is 159. The number of sulfone groups is 2. The number of carbonyl (C=O) groups is 1. The number of alkyl halides is 3. The van der Waals surface area contributed by atoms with Crippen LogP contribution in [0.5, 0.6) is 0 Å². The maximum absolute atomic E-state index is 15.8. The van der Waals surface area contributed by atoms with Crippen molar-refractivity contribution in [3.8, 4) is 22.4 Å². The summed E-state index contributed by atoms with van der Waals surface area (Å²) in [6, 6.07) is 25.0. The van der Waals surface area contributed by atoms with E-state index >= 15 is 4.39 Å². The van der Waals surface area contributed by atoms with E-state index in [0.717, 1.165) is 30.2 Å². The SMILES string of the molecule is Cc1c(S(C)(=O)=O)c(-c2cc(F)cc(N3CCN(c4ccc(NS(=O)(=O)c5ccc(NC(CCN6CCC(C(=O)O)CC6)CSc6ccccc6F)c(S(=O)(=O)C(F)(F)F)c5)cc4)CC3)c2)c(-c2ccc(Cl)cc2)n1C(C)C. The van der Waals surface area contributed by atoms with Gasteiger partial charge in [0.2, 0.25) is 0 Å². The standard InChI is InChI=1S/C54H58ClF5N6O8S4/c1-34(2)66-35(3)52(76(4,69)70)50(51(66)36-9-11-39(55)12-10-36)38-29-40(56)31-44(30-38)65-27-25-64(26-28-65)43-15-13-41(14-16-43)62-78(73,74)45-17-18-47(49(32-45)77(71,72)54(58,59)60)61-42(33-75-48-8-6-5-7-46(48)57)21-24-63-22-19-37(20-23-63)53(67)68/h5-18,29-32,34,37,42,61-62H,19-28,33H2,1-4H3,(H,67,68). The molecule has 8 rings (SSSR count). The number of carboxylic acids is 1. The Bertz CT molecular complexity index is 3520. The molecule has 2 fully saturated rings. The molecule has 3 heterocycles. The number of nitrogens with zero attached hydrogens (tertiary/aromatic N) is 4. The predicted molar refractivity (Wildman–Crippen MR) is 296 cm³/mol. The van der Waals surface area contributed by atoms with Crippen LogP contribution < -0.4 is 19.8 Å². The first-order valence-electron chi connectivity index (χ1n) is 24.9. The van der Waals surface area contributed by atoms with Crippen molar-refractivity contribution in [2.24, 2.45) is 5.92 Å². The van der Waals surface area contributed by atoms with Gasteiger partial charge >= 0.3 is 11.5 Å². The molecule has 418 valence electrons. The lowest BCUT2D eigenvalue weighted by molar-refractivity contribution is -0.143. The minimum atomic E-state index is -6.15. The third kappa shape index (κ3) is 13.1. The number of halogens is 6. The summed E-state index contributed by atoms with van der Waals surface area (Å²) in [5, 5.41) is 12.8. The molecular weight excluding hydrogens is 1120 g/mol. The number of aromatic nitrogens is 1. The highest BCUT2D eigenvalue weighted by atomic mass is 35.5. The summed E-state index contributed by atoms with van der Waals surface area (Å²) in [6.45, 7) is 8.57. The Hall–Kier alpha value is -5.85. The second-order valence-electron chi connectivity index (χ2n) is 19.6. The molecule has 2 aliphatic rings. The van der Waals surface area contributed by atoms with Crippen molar-refractivity contribution in [2.45, 2.75) is 77.2 Å². The zero-order valence-corrected chi connectivity index (χ0v) is 46.9. The Labute approximate surface area is 460 Å². The number of carboxylic acid groups (broad SMARTS) is 1. The van der Waals surface area contributed by atoms with E-state index in [0.29, 0.717) is 109 Å². The maximum atomic E-state index is 15.8. The topological polar surface area (TPSA) is 178 Å². The Balaban J connectivity index is 0.987. The molecule has 3 N–H and O–H groups in total. The van der Waals surface area contributed by atoms with Gasteiger partial charge in [-0.05, 0) is 149 Å². The highest BCUT2D eigenvalue weighted by molar-refractivity contribution is 7.99. The van der Waals surface area contributed by atoms with Crippen LogP contribution in [0.3, 0.4) is 0 Å². The molecule has 0 radical (unpaired) electrons. The van der Waals surface area contributed by atoms with Crippen molar-refractivity contribution in [3.05, 3.63) is 132 Å². The number of piperazine rings is 1. The molecule has 0 spiro atoms. The van der Waals surface area contributed by atoms with Crippen LogP contribution >= 0.6 is 23.4 Å². The van der Waals surface area contributed by atoms with Crippen LogP contribution in [0.2, 0.25) is 5.02 Å².